The van der Waals surface area contributed by atoms with Gasteiger partial charge in [-0.25, -0.2) is 0 Å². The molecule has 0 saturated carbocycles. The number of rotatable bonds is 0. The van der Waals surface area contributed by atoms with Crippen LogP contribution < -0.4 is 57.5 Å². The molecule has 0 aliphatic carbocycles. The van der Waals surface area contributed by atoms with Gasteiger partial charge in [-0.3, -0.25) is 0 Å². The molecule has 0 heterocycles. The van der Waals surface area contributed by atoms with Crippen molar-refractivity contribution in [3.05, 3.63) is 0 Å². The van der Waals surface area contributed by atoms with Crippen molar-refractivity contribution in [2.75, 3.05) is 0 Å². The summed E-state index contributed by atoms with van der Waals surface area (Å²) in [7, 11) is -16.8. The fourth-order valence-electron chi connectivity index (χ4n) is 0. The Morgan fingerprint density at radius 3 is 0.263 bits per heavy atom. The minimum absolute atomic E-state index is 0. The van der Waals surface area contributed by atoms with Crippen molar-refractivity contribution in [3.63, 3.8) is 0 Å². The molecule has 0 saturated heterocycles. The molecule has 104 valence electrons. The van der Waals surface area contributed by atoms with Crippen LogP contribution in [0.5, 0.6) is 0 Å². The predicted octanol–water partition coefficient (Wildman–Crippen LogP) is -15.4. The maximum absolute atomic E-state index is 8.58. The second-order valence-electron chi connectivity index (χ2n) is 1.50. The van der Waals surface area contributed by atoms with Crippen molar-refractivity contribution in [2.45, 2.75) is 0 Å². The van der Waals surface area contributed by atoms with E-state index in [0.29, 0.717) is 0 Å². The quantitative estimate of drug-likeness (QED) is 0.206. The van der Waals surface area contributed by atoms with Crippen LogP contribution >= 0.6 is 0 Å². The van der Waals surface area contributed by atoms with Crippen molar-refractivity contribution < 1.29 is 219 Å². The number of hydrogen-bond donors (Lipinski definition) is 0. The van der Waals surface area contributed by atoms with Crippen LogP contribution in [0.2, 0.25) is 0 Å². The molecule has 0 atom stereocenters. The van der Waals surface area contributed by atoms with Gasteiger partial charge < -0.3 is 84.7 Å². The van der Waals surface area contributed by atoms with E-state index in [1.807, 2.05) is 0 Å². The minimum Gasteiger partial charge on any atom is -0.894 e. The first kappa shape index (κ1) is 44.2. The van der Waals surface area contributed by atoms with Gasteiger partial charge in [0.05, 0.1) is 0 Å². The Morgan fingerprint density at radius 2 is 0.263 bits per heavy atom. The molecule has 12 nitrogen and oxygen atoms in total. The first-order chi connectivity index (χ1) is 6.00. The van der Waals surface area contributed by atoms with Gasteiger partial charge in [-0.15, -0.1) is 0 Å². The number of hydrogen-bond acceptors (Lipinski definition) is 12. The summed E-state index contributed by atoms with van der Waals surface area (Å²) < 4.78 is 0. The Kier molecular flexibility index (Phi) is 50.2. The van der Waals surface area contributed by atoms with Gasteiger partial charge in [0.15, 0.2) is 0 Å². The van der Waals surface area contributed by atoms with E-state index in [1.54, 1.807) is 0 Å². The topological polar surface area (TPSA) is 277 Å². The zero-order chi connectivity index (χ0) is 13.5. The smallest absolute Gasteiger partial charge is 0.894 e. The summed E-state index contributed by atoms with van der Waals surface area (Å²) in [6, 6.07) is 0. The van der Waals surface area contributed by atoms with Crippen LogP contribution in [0.4, 0.5) is 0 Å². The van der Waals surface area contributed by atoms with E-state index in [9.17, 15) is 0 Å². The molecule has 0 rings (SSSR count). The summed E-state index contributed by atoms with van der Waals surface area (Å²) in [6.45, 7) is 0. The third-order valence-corrected chi connectivity index (χ3v) is 0. The molecule has 0 aromatic heterocycles. The van der Waals surface area contributed by atoms with Gasteiger partial charge in [0.2, 0.25) is 0 Å². The Balaban J connectivity index is -0.0000000206. The van der Waals surface area contributed by atoms with Crippen LogP contribution in [0.1, 0.15) is 0 Å². The molecule has 0 bridgehead atoms. The second-order valence-corrected chi connectivity index (χ2v) is 4.50. The van der Waals surface area contributed by atoms with Crippen molar-refractivity contribution in [1.82, 2.24) is 0 Å². The van der Waals surface area contributed by atoms with Crippen LogP contribution in [0.3, 0.4) is 0 Å². The van der Waals surface area contributed by atoms with Crippen LogP contribution in [-0.2, 0) is 0 Å². The van der Waals surface area contributed by atoms with Gasteiger partial charge in [-0.1, -0.05) is 0 Å². The van der Waals surface area contributed by atoms with E-state index in [2.05, 4.69) is 0 Å². The molecule has 0 spiro atoms. The molecular formula is O12Pm4Si3. The average molecular weight is 856 g/mol. The minimum atomic E-state index is -5.61. The molecule has 0 aliphatic heterocycles. The van der Waals surface area contributed by atoms with Gasteiger partial charge in [0.25, 0.3) is 0 Å². The summed E-state index contributed by atoms with van der Waals surface area (Å²) in [5, 5.41) is 0. The monoisotopic (exact) mass is 856 g/mol. The van der Waals surface area contributed by atoms with Crippen LogP contribution in [0.15, 0.2) is 0 Å². The Bertz CT molecular complexity index is 100.0. The molecule has 19 heavy (non-hydrogen) atoms. The first-order valence-corrected chi connectivity index (χ1v) is 7.35. The van der Waals surface area contributed by atoms with Gasteiger partial charge in [0, 0.05) is 0 Å². The molecule has 0 unspecified atom stereocenters. The largest absolute Gasteiger partial charge is 3.00 e. The van der Waals surface area contributed by atoms with E-state index in [4.69, 9.17) is 57.5 Å². The van der Waals surface area contributed by atoms with Gasteiger partial charge in [-0.05, 0) is 0 Å². The van der Waals surface area contributed by atoms with Gasteiger partial charge >= 0.3 is 162 Å². The first-order valence-electron chi connectivity index (χ1n) is 2.45. The molecule has 19 heteroatoms. The summed E-state index contributed by atoms with van der Waals surface area (Å²) in [5.41, 5.74) is 0. The molecule has 0 aromatic carbocycles. The van der Waals surface area contributed by atoms with Crippen molar-refractivity contribution >= 4 is 27.1 Å². The third-order valence-electron chi connectivity index (χ3n) is 0. The van der Waals surface area contributed by atoms with E-state index >= 15 is 0 Å². The molecule has 0 amide bonds. The molecule has 0 fully saturated rings. The molecule has 0 aromatic rings. The van der Waals surface area contributed by atoms with Crippen molar-refractivity contribution in [1.29, 1.82) is 0 Å². The molecule has 0 radical (unpaired) electrons. The summed E-state index contributed by atoms with van der Waals surface area (Å²) in [6.07, 6.45) is 0. The van der Waals surface area contributed by atoms with Crippen LogP contribution in [-0.4, -0.2) is 27.1 Å². The maximum atomic E-state index is 8.58. The van der Waals surface area contributed by atoms with E-state index in [0.717, 1.165) is 0 Å². The second kappa shape index (κ2) is 21.6. The van der Waals surface area contributed by atoms with E-state index in [-0.39, 0.29) is 162 Å². The van der Waals surface area contributed by atoms with E-state index in [1.165, 1.54) is 0 Å². The predicted molar refractivity (Wildman–Crippen MR) is 17.3 cm³/mol. The fourth-order valence-corrected chi connectivity index (χ4v) is 0. The fraction of sp³-hybridized carbons (Fsp3) is 0. The SMILES string of the molecule is [O-][Si]([O-])([O-])[O-].[O-][Si]([O-])([O-])[O-].[O-][Si]([O-])([O-])[O-].[Pm+3].[Pm+3].[Pm+3].[Pm+3]. The normalized spacial score (nSPS) is 9.47. The Morgan fingerprint density at radius 1 is 0.263 bits per heavy atom. The summed E-state index contributed by atoms with van der Waals surface area (Å²) in [4.78, 5) is 103. The van der Waals surface area contributed by atoms with Gasteiger partial charge in [0.1, 0.15) is 0 Å². The standard InChI is InChI=1S/3O4Si.4Pm/c3*1-5(2,3)4;;;;/q3*-4;4*+3. The Labute approximate surface area is 240 Å². The molecule has 0 aliphatic rings. The van der Waals surface area contributed by atoms with Crippen molar-refractivity contribution in [2.24, 2.45) is 0 Å². The zero-order valence-corrected chi connectivity index (χ0v) is 22.7. The molecule has 0 N–H and O–H groups in total. The summed E-state index contributed by atoms with van der Waals surface area (Å²) in [5.74, 6) is 0. The van der Waals surface area contributed by atoms with E-state index < -0.39 is 27.1 Å². The maximum Gasteiger partial charge on any atom is 3.00 e. The van der Waals surface area contributed by atoms with Crippen molar-refractivity contribution in [3.8, 4) is 0 Å². The van der Waals surface area contributed by atoms with Crippen LogP contribution in [0, 0.1) is 162 Å². The summed E-state index contributed by atoms with van der Waals surface area (Å²) >= 11 is 0. The van der Waals surface area contributed by atoms with Gasteiger partial charge in [-0.2, -0.15) is 0 Å². The molecular weight excluding hydrogens is 856 g/mol. The van der Waals surface area contributed by atoms with Crippen LogP contribution in [0.25, 0.3) is 0 Å². The third kappa shape index (κ3) is 357. The Hall–Kier alpha value is 5.52. The zero-order valence-electron chi connectivity index (χ0n) is 8.19. The average Bonchev–Trinajstić information content (AvgIpc) is 1.41.